The standard InChI is InChI=1S/C13H16FN3O/c1-18-13(10-2-4-11(14)5-3-10)8-6-12(7-9-13)16-17-15/h2-5,12H,6-9H2,1H3. The molecule has 0 heterocycles. The zero-order valence-corrected chi connectivity index (χ0v) is 10.3. The Morgan fingerprint density at radius 3 is 2.44 bits per heavy atom. The van der Waals surface area contributed by atoms with Crippen molar-refractivity contribution in [3.8, 4) is 0 Å². The Morgan fingerprint density at radius 2 is 1.94 bits per heavy atom. The van der Waals surface area contributed by atoms with E-state index in [9.17, 15) is 4.39 Å². The molecule has 0 aromatic heterocycles. The molecule has 1 fully saturated rings. The van der Waals surface area contributed by atoms with Gasteiger partial charge in [-0.25, -0.2) is 4.39 Å². The highest BCUT2D eigenvalue weighted by atomic mass is 19.1. The molecule has 0 radical (unpaired) electrons. The normalized spacial score (nSPS) is 27.6. The summed E-state index contributed by atoms with van der Waals surface area (Å²) in [5, 5.41) is 3.76. The number of nitrogens with zero attached hydrogens (tertiary/aromatic N) is 3. The number of hydrogen-bond donors (Lipinski definition) is 0. The average Bonchev–Trinajstić information content (AvgIpc) is 2.41. The van der Waals surface area contributed by atoms with Crippen LogP contribution < -0.4 is 0 Å². The molecule has 1 aromatic rings. The van der Waals surface area contributed by atoms with Crippen molar-refractivity contribution >= 4 is 0 Å². The molecule has 1 saturated carbocycles. The molecule has 1 aliphatic rings. The van der Waals surface area contributed by atoms with Crippen molar-refractivity contribution in [3.63, 3.8) is 0 Å². The van der Waals surface area contributed by atoms with E-state index in [1.54, 1.807) is 19.2 Å². The number of halogens is 1. The number of methoxy groups -OCH3 is 1. The molecule has 2 rings (SSSR count). The summed E-state index contributed by atoms with van der Waals surface area (Å²) in [5.41, 5.74) is 9.06. The summed E-state index contributed by atoms with van der Waals surface area (Å²) >= 11 is 0. The summed E-state index contributed by atoms with van der Waals surface area (Å²) in [6.45, 7) is 0. The van der Waals surface area contributed by atoms with E-state index in [4.69, 9.17) is 10.3 Å². The lowest BCUT2D eigenvalue weighted by Crippen LogP contribution is -2.34. The zero-order valence-electron chi connectivity index (χ0n) is 10.3. The smallest absolute Gasteiger partial charge is 0.123 e. The van der Waals surface area contributed by atoms with Crippen molar-refractivity contribution in [1.82, 2.24) is 0 Å². The van der Waals surface area contributed by atoms with Crippen molar-refractivity contribution in [2.24, 2.45) is 5.11 Å². The highest BCUT2D eigenvalue weighted by Crippen LogP contribution is 2.40. The van der Waals surface area contributed by atoms with Crippen LogP contribution in [0.25, 0.3) is 10.4 Å². The second kappa shape index (κ2) is 5.38. The van der Waals surface area contributed by atoms with Crippen molar-refractivity contribution in [3.05, 3.63) is 46.1 Å². The van der Waals surface area contributed by atoms with Gasteiger partial charge >= 0.3 is 0 Å². The third-order valence-electron chi connectivity index (χ3n) is 3.74. The topological polar surface area (TPSA) is 58.0 Å². The highest BCUT2D eigenvalue weighted by Gasteiger charge is 2.36. The lowest BCUT2D eigenvalue weighted by Gasteiger charge is -2.38. The van der Waals surface area contributed by atoms with Gasteiger partial charge in [-0.1, -0.05) is 17.2 Å². The average molecular weight is 249 g/mol. The van der Waals surface area contributed by atoms with E-state index in [1.165, 1.54) is 12.1 Å². The van der Waals surface area contributed by atoms with Crippen LogP contribution >= 0.6 is 0 Å². The predicted molar refractivity (Wildman–Crippen MR) is 66.5 cm³/mol. The van der Waals surface area contributed by atoms with Crippen LogP contribution in [0.2, 0.25) is 0 Å². The maximum atomic E-state index is 12.9. The fraction of sp³-hybridized carbons (Fsp3) is 0.538. The van der Waals surface area contributed by atoms with Crippen LogP contribution in [0.3, 0.4) is 0 Å². The van der Waals surface area contributed by atoms with E-state index >= 15 is 0 Å². The fourth-order valence-electron chi connectivity index (χ4n) is 2.62. The second-order valence-electron chi connectivity index (χ2n) is 4.64. The van der Waals surface area contributed by atoms with Crippen LogP contribution in [0.5, 0.6) is 0 Å². The van der Waals surface area contributed by atoms with Gasteiger partial charge in [0.25, 0.3) is 0 Å². The SMILES string of the molecule is COC1(c2ccc(F)cc2)CCC(N=[N+]=[N-])CC1. The molecule has 1 aliphatic carbocycles. The Labute approximate surface area is 105 Å². The van der Waals surface area contributed by atoms with Gasteiger partial charge in [-0.2, -0.15) is 0 Å². The summed E-state index contributed by atoms with van der Waals surface area (Å²) in [7, 11) is 1.68. The van der Waals surface area contributed by atoms with E-state index in [0.29, 0.717) is 0 Å². The van der Waals surface area contributed by atoms with Crippen LogP contribution in [-0.4, -0.2) is 13.2 Å². The maximum absolute atomic E-state index is 12.9. The number of benzene rings is 1. The Balaban J connectivity index is 2.18. The number of rotatable bonds is 3. The summed E-state index contributed by atoms with van der Waals surface area (Å²) in [6, 6.07) is 6.50. The molecule has 0 aliphatic heterocycles. The van der Waals surface area contributed by atoms with Gasteiger partial charge in [0.05, 0.1) is 5.60 Å². The first kappa shape index (κ1) is 12.9. The molecule has 0 bridgehead atoms. The molecule has 0 atom stereocenters. The first-order valence-corrected chi connectivity index (χ1v) is 6.05. The lowest BCUT2D eigenvalue weighted by molar-refractivity contribution is -0.0476. The van der Waals surface area contributed by atoms with Gasteiger partial charge in [0.2, 0.25) is 0 Å². The van der Waals surface area contributed by atoms with Crippen molar-refractivity contribution in [2.75, 3.05) is 7.11 Å². The molecule has 0 unspecified atom stereocenters. The molecule has 96 valence electrons. The van der Waals surface area contributed by atoms with E-state index in [0.717, 1.165) is 31.2 Å². The van der Waals surface area contributed by atoms with Gasteiger partial charge < -0.3 is 4.74 Å². The molecule has 5 heteroatoms. The lowest BCUT2D eigenvalue weighted by atomic mass is 9.77. The molecular weight excluding hydrogens is 233 g/mol. The Hall–Kier alpha value is -1.58. The third-order valence-corrected chi connectivity index (χ3v) is 3.74. The largest absolute Gasteiger partial charge is 0.374 e. The molecule has 0 N–H and O–H groups in total. The summed E-state index contributed by atoms with van der Waals surface area (Å²) < 4.78 is 18.6. The Morgan fingerprint density at radius 1 is 1.33 bits per heavy atom. The quantitative estimate of drug-likeness (QED) is 0.455. The van der Waals surface area contributed by atoms with Crippen LogP contribution in [0.1, 0.15) is 31.2 Å². The van der Waals surface area contributed by atoms with Gasteiger partial charge in [-0.15, -0.1) is 0 Å². The molecule has 0 amide bonds. The summed E-state index contributed by atoms with van der Waals surface area (Å²) in [6.07, 6.45) is 3.18. The van der Waals surface area contributed by atoms with Crippen molar-refractivity contribution in [1.29, 1.82) is 0 Å². The number of azide groups is 1. The molecule has 0 spiro atoms. The highest BCUT2D eigenvalue weighted by molar-refractivity contribution is 5.24. The van der Waals surface area contributed by atoms with Crippen molar-refractivity contribution < 1.29 is 9.13 Å². The van der Waals surface area contributed by atoms with Gasteiger partial charge in [0.15, 0.2) is 0 Å². The molecular formula is C13H16FN3O. The first-order valence-electron chi connectivity index (χ1n) is 6.05. The van der Waals surface area contributed by atoms with Crippen LogP contribution in [0.4, 0.5) is 4.39 Å². The van der Waals surface area contributed by atoms with Crippen LogP contribution in [0.15, 0.2) is 29.4 Å². The van der Waals surface area contributed by atoms with Crippen molar-refractivity contribution in [2.45, 2.75) is 37.3 Å². The minimum Gasteiger partial charge on any atom is -0.374 e. The van der Waals surface area contributed by atoms with Gasteiger partial charge in [-0.3, -0.25) is 0 Å². The molecule has 18 heavy (non-hydrogen) atoms. The first-order chi connectivity index (χ1) is 8.70. The molecule has 1 aromatic carbocycles. The van der Waals surface area contributed by atoms with Crippen LogP contribution in [0, 0.1) is 5.82 Å². The summed E-state index contributed by atoms with van der Waals surface area (Å²) in [5.74, 6) is -0.243. The monoisotopic (exact) mass is 249 g/mol. The van der Waals surface area contributed by atoms with Gasteiger partial charge in [-0.05, 0) is 48.9 Å². The van der Waals surface area contributed by atoms with Gasteiger partial charge in [0.1, 0.15) is 5.82 Å². The van der Waals surface area contributed by atoms with Crippen LogP contribution in [-0.2, 0) is 10.3 Å². The molecule has 0 saturated heterocycles. The summed E-state index contributed by atoms with van der Waals surface area (Å²) in [4.78, 5) is 2.85. The van der Waals surface area contributed by atoms with E-state index in [2.05, 4.69) is 10.0 Å². The number of hydrogen-bond acceptors (Lipinski definition) is 2. The minimum absolute atomic E-state index is 0.0544. The fourth-order valence-corrected chi connectivity index (χ4v) is 2.62. The van der Waals surface area contributed by atoms with Gasteiger partial charge in [0, 0.05) is 18.1 Å². The predicted octanol–water partition coefficient (Wildman–Crippen LogP) is 3.92. The maximum Gasteiger partial charge on any atom is 0.123 e. The van der Waals surface area contributed by atoms with E-state index < -0.39 is 0 Å². The number of ether oxygens (including phenoxy) is 1. The van der Waals surface area contributed by atoms with E-state index in [-0.39, 0.29) is 17.5 Å². The zero-order chi connectivity index (χ0) is 13.0. The third kappa shape index (κ3) is 2.47. The Kier molecular flexibility index (Phi) is 3.84. The molecule has 4 nitrogen and oxygen atoms in total. The minimum atomic E-state index is -0.366. The second-order valence-corrected chi connectivity index (χ2v) is 4.64. The van der Waals surface area contributed by atoms with E-state index in [1.807, 2.05) is 0 Å². The Bertz CT molecular complexity index is 446.